The Morgan fingerprint density at radius 3 is 2.58 bits per heavy atom. The van der Waals surface area contributed by atoms with Gasteiger partial charge in [-0.25, -0.2) is 9.18 Å². The van der Waals surface area contributed by atoms with Gasteiger partial charge in [-0.05, 0) is 74.2 Å². The molecule has 2 amide bonds. The number of likely N-dealkylation sites (tertiary alicyclic amines) is 1. The molecule has 1 fully saturated rings. The molecule has 0 saturated carbocycles. The van der Waals surface area contributed by atoms with E-state index in [1.807, 2.05) is 11.9 Å². The molecule has 3 rings (SSSR count). The van der Waals surface area contributed by atoms with Gasteiger partial charge in [0.25, 0.3) is 0 Å². The number of nitrogens with one attached hydrogen (secondary N) is 1. The average molecular weight is 442 g/mol. The zero-order valence-electron chi connectivity index (χ0n) is 31.1. The Morgan fingerprint density at radius 2 is 1.94 bits per heavy atom. The lowest BCUT2D eigenvalue weighted by Gasteiger charge is -2.37. The van der Waals surface area contributed by atoms with Crippen molar-refractivity contribution in [3.8, 4) is 5.75 Å². The standard InChI is InChI=1S/C25H34FN3O2/c1-19(2)18-31-24-10-6-20(7-11-24)16-27-25(30)29(23-12-14-28(3)15-13-23)17-21-4-8-22(26)9-5-21/h4-11,19,23H,12-18H2,1-3H3,(H,27,30)/i1D3,2D3,4D,5D,8D,9D,17D2,18D2. The van der Waals surface area contributed by atoms with Gasteiger partial charge in [-0.3, -0.25) is 0 Å². The number of carbonyl (C=O) groups excluding carboxylic acids is 1. The van der Waals surface area contributed by atoms with Crippen molar-refractivity contribution in [1.82, 2.24) is 15.1 Å². The van der Waals surface area contributed by atoms with E-state index >= 15 is 0 Å². The summed E-state index contributed by atoms with van der Waals surface area (Å²) in [5, 5.41) is 2.57. The van der Waals surface area contributed by atoms with Crippen molar-refractivity contribution in [2.24, 2.45) is 5.92 Å². The predicted octanol–water partition coefficient (Wildman–Crippen LogP) is 4.67. The molecule has 2 aromatic carbocycles. The molecule has 5 nitrogen and oxygen atoms in total. The van der Waals surface area contributed by atoms with Gasteiger partial charge in [0.05, 0.1) is 17.5 Å². The van der Waals surface area contributed by atoms with E-state index in [1.54, 1.807) is 0 Å². The molecule has 1 heterocycles. The summed E-state index contributed by atoms with van der Waals surface area (Å²) in [6, 6.07) is -0.401. The van der Waals surface area contributed by atoms with Crippen LogP contribution in [-0.2, 0) is 13.0 Å². The molecular formula is C25H34FN3O2. The van der Waals surface area contributed by atoms with Gasteiger partial charge in [-0.2, -0.15) is 0 Å². The maximum Gasteiger partial charge on any atom is 0.318 e. The van der Waals surface area contributed by atoms with Crippen LogP contribution in [0.4, 0.5) is 9.18 Å². The molecule has 1 saturated heterocycles. The van der Waals surface area contributed by atoms with Gasteiger partial charge in [0.1, 0.15) is 11.6 Å². The molecule has 0 aromatic heterocycles. The fourth-order valence-electron chi connectivity index (χ4n) is 3.10. The van der Waals surface area contributed by atoms with Gasteiger partial charge in [0.15, 0.2) is 0 Å². The summed E-state index contributed by atoms with van der Waals surface area (Å²) in [6.07, 6.45) is 0.655. The van der Waals surface area contributed by atoms with Gasteiger partial charge < -0.3 is 19.9 Å². The van der Waals surface area contributed by atoms with Gasteiger partial charge in [0.2, 0.25) is 0 Å². The van der Waals surface area contributed by atoms with Crippen LogP contribution in [0.5, 0.6) is 5.75 Å². The molecule has 2 aromatic rings. The number of hydrogen-bond donors (Lipinski definition) is 1. The maximum atomic E-state index is 14.2. The molecule has 6 heteroatoms. The number of benzene rings is 2. The number of carbonyl (C=O) groups is 1. The van der Waals surface area contributed by atoms with Crippen LogP contribution in [0.1, 0.15) is 56.9 Å². The third kappa shape index (κ3) is 7.24. The van der Waals surface area contributed by atoms with Crippen molar-refractivity contribution >= 4 is 6.03 Å². The van der Waals surface area contributed by atoms with Crippen molar-refractivity contribution in [3.63, 3.8) is 0 Å². The summed E-state index contributed by atoms with van der Waals surface area (Å²) in [5.74, 6) is -4.06. The lowest BCUT2D eigenvalue weighted by atomic mass is 10.0. The number of ether oxygens (including phenoxy) is 1. The molecule has 0 unspecified atom stereocenters. The molecule has 1 aliphatic heterocycles. The van der Waals surface area contributed by atoms with Crippen LogP contribution < -0.4 is 10.1 Å². The van der Waals surface area contributed by atoms with E-state index in [1.165, 1.54) is 24.3 Å². The summed E-state index contributed by atoms with van der Waals surface area (Å²) >= 11 is 0. The summed E-state index contributed by atoms with van der Waals surface area (Å²) in [6.45, 7) is -11.6. The number of amides is 2. The van der Waals surface area contributed by atoms with E-state index in [4.69, 9.17) is 23.9 Å². The van der Waals surface area contributed by atoms with E-state index in [0.29, 0.717) is 31.5 Å². The first-order chi connectivity index (χ1) is 20.5. The Morgan fingerprint density at radius 1 is 1.26 bits per heavy atom. The SMILES string of the molecule is [2H]c1c([2H])c(C([2H])([2H])N(C(=O)NCc2ccc(OC([2H])([2H])C(C([2H])([2H])[2H])C([2H])([2H])[2H])cc2)C2CCN(C)CC2)c([2H])c([2H])c1F. The second kappa shape index (κ2) is 11.1. The molecule has 0 radical (unpaired) electrons. The summed E-state index contributed by atoms with van der Waals surface area (Å²) in [7, 11) is 1.85. The summed E-state index contributed by atoms with van der Waals surface area (Å²) in [4.78, 5) is 16.4. The largest absolute Gasteiger partial charge is 0.493 e. The second-order valence-corrected chi connectivity index (χ2v) is 7.16. The fourth-order valence-corrected chi connectivity index (χ4v) is 3.10. The first-order valence-electron chi connectivity index (χ1n) is 16.8. The summed E-state index contributed by atoms with van der Waals surface area (Å²) in [5.41, 5.74) is -0.370. The number of halogens is 1. The van der Waals surface area contributed by atoms with E-state index in [-0.39, 0.29) is 12.3 Å². The Bertz CT molecular complexity index is 1330. The molecular weight excluding hydrogens is 393 g/mol. The zero-order chi connectivity index (χ0) is 34.3. The highest BCUT2D eigenvalue weighted by atomic mass is 19.1. The first-order valence-corrected chi connectivity index (χ1v) is 9.80. The quantitative estimate of drug-likeness (QED) is 0.648. The second-order valence-electron chi connectivity index (χ2n) is 7.16. The minimum absolute atomic E-state index is 0.183. The topological polar surface area (TPSA) is 44.8 Å². The van der Waals surface area contributed by atoms with Crippen molar-refractivity contribution in [2.45, 2.75) is 45.6 Å². The highest BCUT2D eigenvalue weighted by Crippen LogP contribution is 2.19. The third-order valence-electron chi connectivity index (χ3n) is 4.76. The number of nitrogens with zero attached hydrogens (tertiary/aromatic N) is 2. The van der Waals surface area contributed by atoms with Crippen LogP contribution in [0.15, 0.2) is 48.4 Å². The average Bonchev–Trinajstić information content (AvgIpc) is 2.89. The first kappa shape index (κ1) is 10.8. The van der Waals surface area contributed by atoms with Crippen LogP contribution in [0, 0.1) is 11.7 Å². The van der Waals surface area contributed by atoms with Gasteiger partial charge in [-0.15, -0.1) is 0 Å². The lowest BCUT2D eigenvalue weighted by molar-refractivity contribution is 0.127. The normalized spacial score (nSPS) is 23.5. The molecule has 0 spiro atoms. The molecule has 0 aliphatic carbocycles. The number of rotatable bonds is 8. The van der Waals surface area contributed by atoms with Crippen LogP contribution in [0.2, 0.25) is 0 Å². The Labute approximate surface area is 204 Å². The molecule has 0 bridgehead atoms. The highest BCUT2D eigenvalue weighted by molar-refractivity contribution is 5.74. The van der Waals surface area contributed by atoms with Crippen molar-refractivity contribution in [1.29, 1.82) is 0 Å². The summed E-state index contributed by atoms with van der Waals surface area (Å²) < 4.78 is 130. The number of piperidine rings is 1. The molecule has 0 atom stereocenters. The molecule has 168 valence electrons. The lowest BCUT2D eigenvalue weighted by Crippen LogP contribution is -2.49. The Balaban J connectivity index is 1.86. The van der Waals surface area contributed by atoms with Gasteiger partial charge in [-0.1, -0.05) is 37.9 Å². The van der Waals surface area contributed by atoms with Crippen molar-refractivity contribution in [2.75, 3.05) is 26.7 Å². The smallest absolute Gasteiger partial charge is 0.318 e. The Hall–Kier alpha value is -2.60. The molecule has 1 N–H and O–H groups in total. The predicted molar refractivity (Wildman–Crippen MR) is 121 cm³/mol. The maximum absolute atomic E-state index is 14.2. The van der Waals surface area contributed by atoms with Crippen molar-refractivity contribution in [3.05, 3.63) is 65.4 Å². The minimum atomic E-state index is -3.19. The van der Waals surface area contributed by atoms with Crippen molar-refractivity contribution < 1.29 is 33.1 Å². The minimum Gasteiger partial charge on any atom is -0.493 e. The van der Waals surface area contributed by atoms with Gasteiger partial charge >= 0.3 is 6.03 Å². The van der Waals surface area contributed by atoms with Crippen LogP contribution in [0.3, 0.4) is 0 Å². The zero-order valence-corrected chi connectivity index (χ0v) is 17.1. The van der Waals surface area contributed by atoms with Crippen LogP contribution in [0.25, 0.3) is 0 Å². The van der Waals surface area contributed by atoms with E-state index in [2.05, 4.69) is 5.32 Å². The van der Waals surface area contributed by atoms with Crippen LogP contribution in [-0.4, -0.2) is 48.6 Å². The van der Waals surface area contributed by atoms with E-state index in [0.717, 1.165) is 4.90 Å². The van der Waals surface area contributed by atoms with Gasteiger partial charge in [0, 0.05) is 27.3 Å². The fraction of sp³-hybridized carbons (Fsp3) is 0.480. The van der Waals surface area contributed by atoms with E-state index in [9.17, 15) is 9.18 Å². The highest BCUT2D eigenvalue weighted by Gasteiger charge is 2.27. The third-order valence-corrected chi connectivity index (χ3v) is 4.76. The Kier molecular flexibility index (Phi) is 3.89. The molecule has 1 aliphatic rings. The van der Waals surface area contributed by atoms with Crippen LogP contribution >= 0.6 is 0 Å². The number of hydrogen-bond acceptors (Lipinski definition) is 3. The monoisotopic (exact) mass is 441 g/mol. The number of urea groups is 1. The molecule has 31 heavy (non-hydrogen) atoms. The van der Waals surface area contributed by atoms with E-state index < -0.39 is 80.3 Å².